The summed E-state index contributed by atoms with van der Waals surface area (Å²) >= 11 is 0. The lowest BCUT2D eigenvalue weighted by Crippen LogP contribution is -2.38. The van der Waals surface area contributed by atoms with Gasteiger partial charge < -0.3 is 29.5 Å². The van der Waals surface area contributed by atoms with E-state index in [1.165, 1.54) is 0 Å². The monoisotopic (exact) mass is 329 g/mol. The van der Waals surface area contributed by atoms with Gasteiger partial charge >= 0.3 is 0 Å². The number of hydrogen-bond acceptors (Lipinski definition) is 7. The molecule has 0 saturated heterocycles. The average Bonchev–Trinajstić information content (AvgIpc) is 2.55. The summed E-state index contributed by atoms with van der Waals surface area (Å²) in [5.74, 6) is 1.28. The molecule has 0 fully saturated rings. The zero-order chi connectivity index (χ0) is 17.1. The molecule has 132 valence electrons. The van der Waals surface area contributed by atoms with Crippen LogP contribution in [0.4, 0.5) is 0 Å². The number of ether oxygens (including phenoxy) is 3. The van der Waals surface area contributed by atoms with Gasteiger partial charge in [0.15, 0.2) is 11.5 Å². The minimum absolute atomic E-state index is 0.0147. The third kappa shape index (κ3) is 7.15. The van der Waals surface area contributed by atoms with Crippen molar-refractivity contribution in [2.24, 2.45) is 0 Å². The highest BCUT2D eigenvalue weighted by atomic mass is 16.5. The standard InChI is InChI=1S/C16H27NO6/c1-21-15-4-3-13(9-16(15)22-2)11-23-12-14(20)10-17(5-7-18)6-8-19/h3-4,9,14,18-20H,5-8,10-12H2,1-2H3. The summed E-state index contributed by atoms with van der Waals surface area (Å²) in [4.78, 5) is 1.78. The van der Waals surface area contributed by atoms with Crippen LogP contribution in [0.5, 0.6) is 11.5 Å². The fourth-order valence-corrected chi connectivity index (χ4v) is 2.21. The molecule has 7 nitrogen and oxygen atoms in total. The zero-order valence-corrected chi connectivity index (χ0v) is 13.8. The Kier molecular flexibility index (Phi) is 9.58. The van der Waals surface area contributed by atoms with Crippen LogP contribution in [0.25, 0.3) is 0 Å². The lowest BCUT2D eigenvalue weighted by Gasteiger charge is -2.23. The number of rotatable bonds is 12. The molecule has 0 aromatic heterocycles. The molecular formula is C16H27NO6. The van der Waals surface area contributed by atoms with Gasteiger partial charge in [-0.05, 0) is 17.7 Å². The van der Waals surface area contributed by atoms with Gasteiger partial charge in [0.1, 0.15) is 0 Å². The van der Waals surface area contributed by atoms with E-state index in [4.69, 9.17) is 24.4 Å². The molecule has 0 aliphatic carbocycles. The van der Waals surface area contributed by atoms with E-state index < -0.39 is 6.10 Å². The molecule has 0 aliphatic rings. The van der Waals surface area contributed by atoms with Crippen LogP contribution in [0.2, 0.25) is 0 Å². The van der Waals surface area contributed by atoms with Gasteiger partial charge in [-0.15, -0.1) is 0 Å². The maximum Gasteiger partial charge on any atom is 0.161 e. The van der Waals surface area contributed by atoms with E-state index in [9.17, 15) is 5.11 Å². The van der Waals surface area contributed by atoms with Crippen LogP contribution in [-0.4, -0.2) is 80.0 Å². The van der Waals surface area contributed by atoms with Crippen molar-refractivity contribution in [3.05, 3.63) is 23.8 Å². The average molecular weight is 329 g/mol. The summed E-state index contributed by atoms with van der Waals surface area (Å²) in [5, 5.41) is 27.8. The van der Waals surface area contributed by atoms with Crippen molar-refractivity contribution in [1.29, 1.82) is 0 Å². The van der Waals surface area contributed by atoms with Crippen molar-refractivity contribution in [2.75, 3.05) is 53.7 Å². The summed E-state index contributed by atoms with van der Waals surface area (Å²) in [6, 6.07) is 5.50. The molecule has 1 unspecified atom stereocenters. The topological polar surface area (TPSA) is 91.6 Å². The van der Waals surface area contributed by atoms with E-state index in [0.29, 0.717) is 37.7 Å². The van der Waals surface area contributed by atoms with E-state index in [-0.39, 0.29) is 19.8 Å². The summed E-state index contributed by atoms with van der Waals surface area (Å²) in [6.45, 7) is 1.64. The maximum atomic E-state index is 9.96. The second-order valence-electron chi connectivity index (χ2n) is 5.11. The fourth-order valence-electron chi connectivity index (χ4n) is 2.21. The van der Waals surface area contributed by atoms with Crippen molar-refractivity contribution in [3.63, 3.8) is 0 Å². The molecule has 1 aromatic carbocycles. The first-order valence-electron chi connectivity index (χ1n) is 7.55. The Morgan fingerprint density at radius 1 is 1.04 bits per heavy atom. The molecule has 0 saturated carbocycles. The lowest BCUT2D eigenvalue weighted by atomic mass is 10.2. The quantitative estimate of drug-likeness (QED) is 0.492. The van der Waals surface area contributed by atoms with Crippen molar-refractivity contribution >= 4 is 0 Å². The van der Waals surface area contributed by atoms with Crippen molar-refractivity contribution < 1.29 is 29.5 Å². The van der Waals surface area contributed by atoms with Crippen LogP contribution in [-0.2, 0) is 11.3 Å². The molecule has 3 N–H and O–H groups in total. The van der Waals surface area contributed by atoms with Gasteiger partial charge in [-0.3, -0.25) is 4.90 Å². The Hall–Kier alpha value is -1.38. The first-order chi connectivity index (χ1) is 11.1. The highest BCUT2D eigenvalue weighted by Crippen LogP contribution is 2.27. The summed E-state index contributed by atoms with van der Waals surface area (Å²) < 4.78 is 15.9. The molecule has 0 heterocycles. The summed E-state index contributed by atoms with van der Waals surface area (Å²) in [7, 11) is 3.15. The number of methoxy groups -OCH3 is 2. The van der Waals surface area contributed by atoms with E-state index >= 15 is 0 Å². The van der Waals surface area contributed by atoms with Crippen LogP contribution in [0.3, 0.4) is 0 Å². The van der Waals surface area contributed by atoms with Crippen LogP contribution in [0.1, 0.15) is 5.56 Å². The molecule has 0 radical (unpaired) electrons. The van der Waals surface area contributed by atoms with Crippen LogP contribution >= 0.6 is 0 Å². The number of aliphatic hydroxyl groups excluding tert-OH is 3. The minimum Gasteiger partial charge on any atom is -0.493 e. The summed E-state index contributed by atoms with van der Waals surface area (Å²) in [5.41, 5.74) is 0.914. The molecule has 0 amide bonds. The lowest BCUT2D eigenvalue weighted by molar-refractivity contribution is 0.00520. The van der Waals surface area contributed by atoms with Gasteiger partial charge in [0.25, 0.3) is 0 Å². The van der Waals surface area contributed by atoms with Gasteiger partial charge in [0, 0.05) is 19.6 Å². The predicted molar refractivity (Wildman–Crippen MR) is 85.8 cm³/mol. The molecule has 1 atom stereocenters. The fraction of sp³-hybridized carbons (Fsp3) is 0.625. The normalized spacial score (nSPS) is 12.4. The first kappa shape index (κ1) is 19.7. The van der Waals surface area contributed by atoms with Crippen LogP contribution in [0, 0.1) is 0 Å². The minimum atomic E-state index is -0.687. The van der Waals surface area contributed by atoms with Crippen molar-refractivity contribution in [3.8, 4) is 11.5 Å². The Bertz CT molecular complexity index is 437. The second-order valence-corrected chi connectivity index (χ2v) is 5.11. The third-order valence-corrected chi connectivity index (χ3v) is 3.33. The Morgan fingerprint density at radius 3 is 2.26 bits per heavy atom. The number of nitrogens with zero attached hydrogens (tertiary/aromatic N) is 1. The molecular weight excluding hydrogens is 302 g/mol. The van der Waals surface area contributed by atoms with Gasteiger partial charge in [-0.2, -0.15) is 0 Å². The van der Waals surface area contributed by atoms with Gasteiger partial charge in [0.2, 0.25) is 0 Å². The third-order valence-electron chi connectivity index (χ3n) is 3.33. The van der Waals surface area contributed by atoms with Crippen molar-refractivity contribution in [2.45, 2.75) is 12.7 Å². The molecule has 23 heavy (non-hydrogen) atoms. The largest absolute Gasteiger partial charge is 0.493 e. The number of benzene rings is 1. The number of hydrogen-bond donors (Lipinski definition) is 3. The number of aliphatic hydroxyl groups is 3. The van der Waals surface area contributed by atoms with Crippen LogP contribution in [0.15, 0.2) is 18.2 Å². The maximum absolute atomic E-state index is 9.96. The van der Waals surface area contributed by atoms with E-state index in [2.05, 4.69) is 0 Å². The highest BCUT2D eigenvalue weighted by molar-refractivity contribution is 5.42. The Labute approximate surface area is 137 Å². The Balaban J connectivity index is 2.40. The molecule has 1 rings (SSSR count). The van der Waals surface area contributed by atoms with E-state index in [1.54, 1.807) is 25.2 Å². The zero-order valence-electron chi connectivity index (χ0n) is 13.8. The predicted octanol–water partition coefficient (Wildman–Crippen LogP) is -0.132. The van der Waals surface area contributed by atoms with E-state index in [0.717, 1.165) is 5.56 Å². The molecule has 0 spiro atoms. The first-order valence-corrected chi connectivity index (χ1v) is 7.55. The summed E-state index contributed by atoms with van der Waals surface area (Å²) in [6.07, 6.45) is -0.687. The molecule has 1 aromatic rings. The van der Waals surface area contributed by atoms with Gasteiger partial charge in [-0.25, -0.2) is 0 Å². The SMILES string of the molecule is COc1ccc(COCC(O)CN(CCO)CCO)cc1OC. The molecule has 0 bridgehead atoms. The van der Waals surface area contributed by atoms with Gasteiger partial charge in [0.05, 0.1) is 46.8 Å². The Morgan fingerprint density at radius 2 is 1.70 bits per heavy atom. The van der Waals surface area contributed by atoms with Gasteiger partial charge in [-0.1, -0.05) is 6.07 Å². The smallest absolute Gasteiger partial charge is 0.161 e. The molecule has 7 heteroatoms. The van der Waals surface area contributed by atoms with E-state index in [1.807, 2.05) is 12.1 Å². The van der Waals surface area contributed by atoms with Crippen LogP contribution < -0.4 is 9.47 Å². The second kappa shape index (κ2) is 11.2. The van der Waals surface area contributed by atoms with Crippen molar-refractivity contribution in [1.82, 2.24) is 4.90 Å². The highest BCUT2D eigenvalue weighted by Gasteiger charge is 2.12. The molecule has 0 aliphatic heterocycles.